The highest BCUT2D eigenvalue weighted by Crippen LogP contribution is 2.19. The number of amides is 1. The molecule has 2 rings (SSSR count). The summed E-state index contributed by atoms with van der Waals surface area (Å²) in [7, 11) is 0. The molecule has 7 heteroatoms. The number of aromatic nitrogens is 1. The van der Waals surface area contributed by atoms with Crippen LogP contribution in [0, 0.1) is 5.92 Å². The Kier molecular flexibility index (Phi) is 11.0. The van der Waals surface area contributed by atoms with Crippen LogP contribution in [0.1, 0.15) is 43.1 Å². The average molecular weight is 414 g/mol. The predicted octanol–water partition coefficient (Wildman–Crippen LogP) is 4.00. The highest BCUT2D eigenvalue weighted by molar-refractivity contribution is 5.95. The fourth-order valence-electron chi connectivity index (χ4n) is 2.81. The molecular weight excluding hydrogens is 385 g/mol. The number of pyridine rings is 1. The Morgan fingerprint density at radius 1 is 1.26 bits per heavy atom. The van der Waals surface area contributed by atoms with Gasteiger partial charge in [-0.05, 0) is 43.5 Å². The van der Waals surface area contributed by atoms with Gasteiger partial charge in [-0.2, -0.15) is 0 Å². The van der Waals surface area contributed by atoms with Gasteiger partial charge in [0.2, 0.25) is 0 Å². The van der Waals surface area contributed by atoms with Gasteiger partial charge in [0, 0.05) is 35.6 Å². The number of hydrogen-bond donors (Lipinski definition) is 2. The maximum Gasteiger partial charge on any atom is 0.251 e. The topological polar surface area (TPSA) is 77.2 Å². The molecule has 0 aliphatic carbocycles. The maximum atomic E-state index is 12.6. The van der Waals surface area contributed by atoms with Gasteiger partial charge in [0.05, 0.1) is 0 Å². The molecule has 1 unspecified atom stereocenters. The molecule has 1 heterocycles. The molecule has 0 bridgehead atoms. The number of rotatable bonds is 8. The molecule has 0 saturated heterocycles. The molecule has 0 aliphatic rings. The summed E-state index contributed by atoms with van der Waals surface area (Å²) >= 11 is 0. The van der Waals surface area contributed by atoms with E-state index in [0.717, 1.165) is 12.0 Å². The lowest BCUT2D eigenvalue weighted by molar-refractivity contribution is 0.0897. The van der Waals surface area contributed by atoms with Crippen LogP contribution >= 0.6 is 24.8 Å². The van der Waals surface area contributed by atoms with Gasteiger partial charge in [0.15, 0.2) is 0 Å². The molecule has 1 aromatic carbocycles. The Hall–Kier alpha value is -1.82. The van der Waals surface area contributed by atoms with E-state index in [-0.39, 0.29) is 30.7 Å². The van der Waals surface area contributed by atoms with Gasteiger partial charge in [-0.3, -0.25) is 9.78 Å². The van der Waals surface area contributed by atoms with Crippen LogP contribution in [0.15, 0.2) is 48.8 Å². The number of carbonyl (C=O) groups excluding carboxylic acids is 1. The Morgan fingerprint density at radius 3 is 2.59 bits per heavy atom. The summed E-state index contributed by atoms with van der Waals surface area (Å²) in [4.78, 5) is 16.7. The fourth-order valence-corrected chi connectivity index (χ4v) is 2.81. The van der Waals surface area contributed by atoms with Crippen molar-refractivity contribution >= 4 is 30.7 Å². The molecule has 3 N–H and O–H groups in total. The van der Waals surface area contributed by atoms with Gasteiger partial charge in [0.25, 0.3) is 5.91 Å². The second kappa shape index (κ2) is 11.8. The number of carbonyl (C=O) groups is 1. The monoisotopic (exact) mass is 413 g/mol. The van der Waals surface area contributed by atoms with Crippen LogP contribution in [-0.2, 0) is 6.61 Å². The number of nitrogens with zero attached hydrogens (tertiary/aromatic N) is 1. The molecule has 2 aromatic rings. The molecule has 0 radical (unpaired) electrons. The van der Waals surface area contributed by atoms with Crippen molar-refractivity contribution in [3.8, 4) is 5.75 Å². The molecule has 1 amide bonds. The third-order valence-corrected chi connectivity index (χ3v) is 3.95. The SMILES string of the molecule is CC(C)CC(C)(CN)NC(=O)c1cccc(OCc2cccnc2)c1.Cl.Cl. The molecule has 5 nitrogen and oxygen atoms in total. The van der Waals surface area contributed by atoms with E-state index in [1.165, 1.54) is 0 Å². The Bertz CT molecular complexity index is 699. The van der Waals surface area contributed by atoms with Crippen molar-refractivity contribution in [3.05, 3.63) is 59.9 Å². The average Bonchev–Trinajstić information content (AvgIpc) is 2.60. The summed E-state index contributed by atoms with van der Waals surface area (Å²) in [6, 6.07) is 11.0. The van der Waals surface area contributed by atoms with E-state index in [1.54, 1.807) is 24.5 Å². The minimum atomic E-state index is -0.419. The minimum Gasteiger partial charge on any atom is -0.489 e. The van der Waals surface area contributed by atoms with Crippen LogP contribution in [0.2, 0.25) is 0 Å². The highest BCUT2D eigenvalue weighted by atomic mass is 35.5. The zero-order valence-corrected chi connectivity index (χ0v) is 17.6. The van der Waals surface area contributed by atoms with Crippen LogP contribution < -0.4 is 15.8 Å². The Labute approximate surface area is 173 Å². The molecule has 0 fully saturated rings. The lowest BCUT2D eigenvalue weighted by Crippen LogP contribution is -2.52. The van der Waals surface area contributed by atoms with E-state index in [2.05, 4.69) is 24.1 Å². The van der Waals surface area contributed by atoms with Crippen molar-refractivity contribution in [2.75, 3.05) is 6.54 Å². The molecule has 0 spiro atoms. The van der Waals surface area contributed by atoms with Crippen LogP contribution in [0.4, 0.5) is 0 Å². The summed E-state index contributed by atoms with van der Waals surface area (Å²) < 4.78 is 5.76. The van der Waals surface area contributed by atoms with Gasteiger partial charge in [0.1, 0.15) is 12.4 Å². The standard InChI is InChI=1S/C20H27N3O2.2ClH/c1-15(2)11-20(3,14-21)23-19(24)17-7-4-8-18(10-17)25-13-16-6-5-9-22-12-16;;/h4-10,12,15H,11,13-14,21H2,1-3H3,(H,23,24);2*1H. The van der Waals surface area contributed by atoms with E-state index >= 15 is 0 Å². The van der Waals surface area contributed by atoms with Crippen molar-refractivity contribution in [2.24, 2.45) is 11.7 Å². The fraction of sp³-hybridized carbons (Fsp3) is 0.400. The molecular formula is C20H29Cl2N3O2. The first-order valence-corrected chi connectivity index (χ1v) is 8.56. The number of halogens is 2. The summed E-state index contributed by atoms with van der Waals surface area (Å²) in [5.41, 5.74) is 7.00. The second-order valence-corrected chi connectivity index (χ2v) is 6.99. The molecule has 27 heavy (non-hydrogen) atoms. The summed E-state index contributed by atoms with van der Waals surface area (Å²) in [5.74, 6) is 0.957. The van der Waals surface area contributed by atoms with Crippen LogP contribution in [0.3, 0.4) is 0 Å². The van der Waals surface area contributed by atoms with Gasteiger partial charge < -0.3 is 15.8 Å². The molecule has 150 valence electrons. The number of hydrogen-bond acceptors (Lipinski definition) is 4. The van der Waals surface area contributed by atoms with Crippen molar-refractivity contribution in [1.82, 2.24) is 10.3 Å². The van der Waals surface area contributed by atoms with E-state index in [1.807, 2.05) is 31.2 Å². The van der Waals surface area contributed by atoms with Gasteiger partial charge >= 0.3 is 0 Å². The van der Waals surface area contributed by atoms with Gasteiger partial charge in [-0.25, -0.2) is 0 Å². The van der Waals surface area contributed by atoms with Crippen LogP contribution in [0.25, 0.3) is 0 Å². The normalized spacial score (nSPS) is 12.3. The van der Waals surface area contributed by atoms with Crippen molar-refractivity contribution in [3.63, 3.8) is 0 Å². The van der Waals surface area contributed by atoms with E-state index < -0.39 is 5.54 Å². The van der Waals surface area contributed by atoms with Gasteiger partial charge in [-0.15, -0.1) is 24.8 Å². The maximum absolute atomic E-state index is 12.6. The molecule has 1 atom stereocenters. The summed E-state index contributed by atoms with van der Waals surface area (Å²) in [5, 5.41) is 3.06. The van der Waals surface area contributed by atoms with Crippen molar-refractivity contribution in [2.45, 2.75) is 39.3 Å². The zero-order chi connectivity index (χ0) is 18.3. The quantitative estimate of drug-likeness (QED) is 0.685. The van der Waals surface area contributed by atoms with E-state index in [9.17, 15) is 4.79 Å². The van der Waals surface area contributed by atoms with E-state index in [0.29, 0.717) is 30.4 Å². The Morgan fingerprint density at radius 2 is 2.00 bits per heavy atom. The van der Waals surface area contributed by atoms with Crippen LogP contribution in [0.5, 0.6) is 5.75 Å². The zero-order valence-electron chi connectivity index (χ0n) is 16.0. The largest absolute Gasteiger partial charge is 0.489 e. The van der Waals surface area contributed by atoms with Crippen molar-refractivity contribution in [1.29, 1.82) is 0 Å². The first kappa shape index (κ1) is 25.2. The smallest absolute Gasteiger partial charge is 0.251 e. The number of nitrogens with two attached hydrogens (primary N) is 1. The molecule has 0 aliphatic heterocycles. The predicted molar refractivity (Wildman–Crippen MR) is 114 cm³/mol. The third kappa shape index (κ3) is 8.16. The molecule has 1 aromatic heterocycles. The lowest BCUT2D eigenvalue weighted by atomic mass is 9.90. The first-order chi connectivity index (χ1) is 11.9. The number of benzene rings is 1. The lowest BCUT2D eigenvalue weighted by Gasteiger charge is -2.31. The summed E-state index contributed by atoms with van der Waals surface area (Å²) in [6.45, 7) is 7.02. The first-order valence-electron chi connectivity index (χ1n) is 8.56. The summed E-state index contributed by atoms with van der Waals surface area (Å²) in [6.07, 6.45) is 4.31. The number of ether oxygens (including phenoxy) is 1. The molecule has 0 saturated carbocycles. The highest BCUT2D eigenvalue weighted by Gasteiger charge is 2.26. The Balaban J connectivity index is 0.00000338. The van der Waals surface area contributed by atoms with Crippen molar-refractivity contribution < 1.29 is 9.53 Å². The van der Waals surface area contributed by atoms with Gasteiger partial charge in [-0.1, -0.05) is 26.0 Å². The number of nitrogens with one attached hydrogen (secondary N) is 1. The second-order valence-electron chi connectivity index (χ2n) is 6.99. The van der Waals surface area contributed by atoms with E-state index in [4.69, 9.17) is 10.5 Å². The van der Waals surface area contributed by atoms with Crippen LogP contribution in [-0.4, -0.2) is 23.0 Å². The third-order valence-electron chi connectivity index (χ3n) is 3.95. The minimum absolute atomic E-state index is 0.